The van der Waals surface area contributed by atoms with Gasteiger partial charge in [-0.2, -0.15) is 0 Å². The fourth-order valence-corrected chi connectivity index (χ4v) is 2.22. The molecule has 0 N–H and O–H groups in total. The molecule has 0 aromatic rings. The first-order chi connectivity index (χ1) is 8.32. The van der Waals surface area contributed by atoms with Gasteiger partial charge in [0.1, 0.15) is 12.3 Å². The SMILES string of the molecule is COC(=O)[C@@H]1CCCC(OC)N1C(=O)C(C)(C)C. The van der Waals surface area contributed by atoms with Crippen LogP contribution in [0.2, 0.25) is 0 Å². The molecule has 1 rings (SSSR count). The van der Waals surface area contributed by atoms with Crippen LogP contribution < -0.4 is 0 Å². The van der Waals surface area contributed by atoms with Crippen LogP contribution >= 0.6 is 0 Å². The van der Waals surface area contributed by atoms with E-state index in [1.54, 1.807) is 12.0 Å². The number of piperidine rings is 1. The van der Waals surface area contributed by atoms with E-state index in [-0.39, 0.29) is 18.1 Å². The van der Waals surface area contributed by atoms with Crippen LogP contribution in [0.5, 0.6) is 0 Å². The Morgan fingerprint density at radius 2 is 1.78 bits per heavy atom. The van der Waals surface area contributed by atoms with E-state index in [9.17, 15) is 9.59 Å². The molecule has 5 nitrogen and oxygen atoms in total. The van der Waals surface area contributed by atoms with E-state index >= 15 is 0 Å². The largest absolute Gasteiger partial charge is 0.467 e. The Morgan fingerprint density at radius 1 is 1.17 bits per heavy atom. The first kappa shape index (κ1) is 15.0. The van der Waals surface area contributed by atoms with Crippen LogP contribution in [0.25, 0.3) is 0 Å². The number of hydrogen-bond donors (Lipinski definition) is 0. The van der Waals surface area contributed by atoms with Crippen molar-refractivity contribution in [2.45, 2.75) is 52.3 Å². The van der Waals surface area contributed by atoms with Crippen molar-refractivity contribution in [3.8, 4) is 0 Å². The molecule has 5 heteroatoms. The summed E-state index contributed by atoms with van der Waals surface area (Å²) in [6, 6.07) is -0.527. The van der Waals surface area contributed by atoms with E-state index in [2.05, 4.69) is 0 Å². The van der Waals surface area contributed by atoms with Gasteiger partial charge in [-0.05, 0) is 19.3 Å². The van der Waals surface area contributed by atoms with Gasteiger partial charge in [-0.15, -0.1) is 0 Å². The average Bonchev–Trinajstić information content (AvgIpc) is 2.34. The van der Waals surface area contributed by atoms with E-state index in [1.165, 1.54) is 7.11 Å². The summed E-state index contributed by atoms with van der Waals surface area (Å²) in [5, 5.41) is 0. The first-order valence-electron chi connectivity index (χ1n) is 6.26. The zero-order valence-electron chi connectivity index (χ0n) is 11.9. The Morgan fingerprint density at radius 3 is 2.22 bits per heavy atom. The Labute approximate surface area is 108 Å². The van der Waals surface area contributed by atoms with E-state index in [0.717, 1.165) is 12.8 Å². The molecule has 2 atom stereocenters. The van der Waals surface area contributed by atoms with E-state index < -0.39 is 11.5 Å². The molecule has 1 heterocycles. The highest BCUT2D eigenvalue weighted by Gasteiger charge is 2.42. The molecule has 0 spiro atoms. The minimum absolute atomic E-state index is 0.0792. The second-order valence-corrected chi connectivity index (χ2v) is 5.62. The molecule has 1 aliphatic rings. The van der Waals surface area contributed by atoms with Gasteiger partial charge in [-0.25, -0.2) is 4.79 Å². The van der Waals surface area contributed by atoms with Crippen LogP contribution in [0.3, 0.4) is 0 Å². The quantitative estimate of drug-likeness (QED) is 0.704. The minimum Gasteiger partial charge on any atom is -0.467 e. The Bertz CT molecular complexity index is 321. The maximum Gasteiger partial charge on any atom is 0.328 e. The molecule has 0 bridgehead atoms. The molecule has 0 saturated carbocycles. The first-order valence-corrected chi connectivity index (χ1v) is 6.26. The van der Waals surface area contributed by atoms with Crippen molar-refractivity contribution in [2.24, 2.45) is 5.41 Å². The van der Waals surface area contributed by atoms with Crippen LogP contribution in [-0.4, -0.2) is 43.3 Å². The fourth-order valence-electron chi connectivity index (χ4n) is 2.22. The molecule has 1 aliphatic heterocycles. The van der Waals surface area contributed by atoms with Crippen molar-refractivity contribution >= 4 is 11.9 Å². The zero-order valence-corrected chi connectivity index (χ0v) is 11.9. The molecule has 0 aromatic heterocycles. The molecule has 1 unspecified atom stereocenters. The summed E-state index contributed by atoms with van der Waals surface area (Å²) < 4.78 is 10.1. The second-order valence-electron chi connectivity index (χ2n) is 5.62. The molecule has 0 radical (unpaired) electrons. The van der Waals surface area contributed by atoms with Crippen LogP contribution in [-0.2, 0) is 19.1 Å². The summed E-state index contributed by atoms with van der Waals surface area (Å²) in [6.07, 6.45) is 1.90. The predicted octanol–water partition coefficient (Wildman–Crippen LogP) is 1.56. The Hall–Kier alpha value is -1.10. The summed E-state index contributed by atoms with van der Waals surface area (Å²) in [5.74, 6) is -0.446. The van der Waals surface area contributed by atoms with Gasteiger partial charge in [0.05, 0.1) is 7.11 Å². The number of nitrogens with zero attached hydrogens (tertiary/aromatic N) is 1. The number of carbonyl (C=O) groups is 2. The smallest absolute Gasteiger partial charge is 0.328 e. The standard InChI is InChI=1S/C13H23NO4/c1-13(2,3)12(16)14-9(11(15)18-5)7-6-8-10(14)17-4/h9-10H,6-8H2,1-5H3/t9-,10?/m0/s1. The number of likely N-dealkylation sites (tertiary alicyclic amines) is 1. The number of rotatable bonds is 2. The number of ether oxygens (including phenoxy) is 2. The van der Waals surface area contributed by atoms with Crippen molar-refractivity contribution in [3.05, 3.63) is 0 Å². The van der Waals surface area contributed by atoms with Crippen LogP contribution in [0.15, 0.2) is 0 Å². The zero-order chi connectivity index (χ0) is 13.9. The molecule has 1 fully saturated rings. The predicted molar refractivity (Wildman–Crippen MR) is 66.8 cm³/mol. The Kier molecular flexibility index (Phi) is 4.73. The highest BCUT2D eigenvalue weighted by molar-refractivity contribution is 5.87. The monoisotopic (exact) mass is 257 g/mol. The van der Waals surface area contributed by atoms with E-state index in [0.29, 0.717) is 6.42 Å². The summed E-state index contributed by atoms with van der Waals surface area (Å²) in [6.45, 7) is 5.51. The number of hydrogen-bond acceptors (Lipinski definition) is 4. The summed E-state index contributed by atoms with van der Waals surface area (Å²) in [4.78, 5) is 25.8. The molecule has 0 aromatic carbocycles. The van der Waals surface area contributed by atoms with Crippen LogP contribution in [0, 0.1) is 5.41 Å². The van der Waals surface area contributed by atoms with Crippen molar-refractivity contribution < 1.29 is 19.1 Å². The molecule has 1 amide bonds. The summed E-state index contributed by atoms with van der Waals surface area (Å²) in [5.41, 5.74) is -0.541. The van der Waals surface area contributed by atoms with Crippen LogP contribution in [0.4, 0.5) is 0 Å². The molecule has 0 aliphatic carbocycles. The lowest BCUT2D eigenvalue weighted by Gasteiger charge is -2.42. The lowest BCUT2D eigenvalue weighted by molar-refractivity contribution is -0.175. The van der Waals surface area contributed by atoms with Crippen molar-refractivity contribution in [2.75, 3.05) is 14.2 Å². The van der Waals surface area contributed by atoms with Crippen molar-refractivity contribution in [1.82, 2.24) is 4.90 Å². The lowest BCUT2D eigenvalue weighted by Crippen LogP contribution is -2.57. The number of amides is 1. The minimum atomic E-state index is -0.541. The van der Waals surface area contributed by atoms with E-state index in [1.807, 2.05) is 20.8 Å². The molecule has 104 valence electrons. The number of methoxy groups -OCH3 is 2. The maximum absolute atomic E-state index is 12.5. The van der Waals surface area contributed by atoms with Gasteiger partial charge in [0, 0.05) is 12.5 Å². The average molecular weight is 257 g/mol. The molecular formula is C13H23NO4. The van der Waals surface area contributed by atoms with Gasteiger partial charge in [0.2, 0.25) is 5.91 Å². The summed E-state index contributed by atoms with van der Waals surface area (Å²) in [7, 11) is 2.91. The molecule has 18 heavy (non-hydrogen) atoms. The number of esters is 1. The third kappa shape index (κ3) is 3.02. The highest BCUT2D eigenvalue weighted by atomic mass is 16.5. The lowest BCUT2D eigenvalue weighted by atomic mass is 9.90. The third-order valence-corrected chi connectivity index (χ3v) is 3.20. The summed E-state index contributed by atoms with van der Waals surface area (Å²) >= 11 is 0. The maximum atomic E-state index is 12.5. The topological polar surface area (TPSA) is 55.8 Å². The van der Waals surface area contributed by atoms with Crippen molar-refractivity contribution in [3.63, 3.8) is 0 Å². The van der Waals surface area contributed by atoms with Gasteiger partial charge in [-0.1, -0.05) is 20.8 Å². The molecular weight excluding hydrogens is 234 g/mol. The third-order valence-electron chi connectivity index (χ3n) is 3.20. The number of carbonyl (C=O) groups excluding carboxylic acids is 2. The molecule has 1 saturated heterocycles. The highest BCUT2D eigenvalue weighted by Crippen LogP contribution is 2.29. The van der Waals surface area contributed by atoms with Crippen molar-refractivity contribution in [1.29, 1.82) is 0 Å². The van der Waals surface area contributed by atoms with Gasteiger partial charge in [-0.3, -0.25) is 4.79 Å². The Balaban J connectivity index is 3.02. The van der Waals surface area contributed by atoms with Gasteiger partial charge >= 0.3 is 5.97 Å². The van der Waals surface area contributed by atoms with Crippen LogP contribution in [0.1, 0.15) is 40.0 Å². The van der Waals surface area contributed by atoms with E-state index in [4.69, 9.17) is 9.47 Å². The fraction of sp³-hybridized carbons (Fsp3) is 0.846. The van der Waals surface area contributed by atoms with Gasteiger partial charge in [0.15, 0.2) is 0 Å². The normalized spacial score (nSPS) is 24.8. The second kappa shape index (κ2) is 5.69. The van der Waals surface area contributed by atoms with Gasteiger partial charge < -0.3 is 14.4 Å². The van der Waals surface area contributed by atoms with Gasteiger partial charge in [0.25, 0.3) is 0 Å².